The number of nitrogens with zero attached hydrogens (tertiary/aromatic N) is 2. The summed E-state index contributed by atoms with van der Waals surface area (Å²) in [7, 11) is 0. The Morgan fingerprint density at radius 1 is 1.14 bits per heavy atom. The first-order chi connectivity index (χ1) is 20.7. The quantitative estimate of drug-likeness (QED) is 0.225. The Morgan fingerprint density at radius 3 is 2.56 bits per heavy atom. The van der Waals surface area contributed by atoms with E-state index in [1.165, 1.54) is 4.90 Å². The number of carbonyl (C=O) groups excluding carboxylic acids is 3. The number of benzene rings is 3. The van der Waals surface area contributed by atoms with E-state index in [4.69, 9.17) is 5.73 Å². The topological polar surface area (TPSA) is 136 Å². The van der Waals surface area contributed by atoms with Gasteiger partial charge in [0.2, 0.25) is 5.91 Å². The Morgan fingerprint density at radius 2 is 1.86 bits per heavy atom. The highest BCUT2D eigenvalue weighted by Crippen LogP contribution is 2.46. The molecule has 9 nitrogen and oxygen atoms in total. The number of nitrogens with two attached hydrogens (primary N) is 1. The van der Waals surface area contributed by atoms with Gasteiger partial charge in [0.15, 0.2) is 5.60 Å². The summed E-state index contributed by atoms with van der Waals surface area (Å²) in [6.07, 6.45) is 5.55. The van der Waals surface area contributed by atoms with Crippen molar-refractivity contribution in [2.45, 2.75) is 38.0 Å². The number of nitrogens with one attached hydrogen (secondary N) is 1. The number of hydrogen-bond acceptors (Lipinski definition) is 6. The molecular weight excluding hydrogens is 544 g/mol. The fourth-order valence-electron chi connectivity index (χ4n) is 5.84. The number of hydrogen-bond donors (Lipinski definition) is 4. The zero-order chi connectivity index (χ0) is 30.7. The maximum absolute atomic E-state index is 13.6. The minimum absolute atomic E-state index is 0.0498. The summed E-state index contributed by atoms with van der Waals surface area (Å²) in [5, 5.41) is 24.7. The fraction of sp³-hybridized carbons (Fsp3) is 0.265. The number of fused-ring (bicyclic) bond motifs is 2. The van der Waals surface area contributed by atoms with E-state index in [1.807, 2.05) is 24.3 Å². The average Bonchev–Trinajstić information content (AvgIpc) is 3.22. The monoisotopic (exact) mass is 580 g/mol. The van der Waals surface area contributed by atoms with Crippen molar-refractivity contribution in [2.24, 2.45) is 5.92 Å². The number of aliphatic hydroxyl groups excluding tert-OH is 1. The van der Waals surface area contributed by atoms with Crippen LogP contribution >= 0.6 is 0 Å². The van der Waals surface area contributed by atoms with Crippen LogP contribution in [0.15, 0.2) is 91.5 Å². The van der Waals surface area contributed by atoms with Crippen molar-refractivity contribution < 1.29 is 24.6 Å². The van der Waals surface area contributed by atoms with Crippen molar-refractivity contribution in [3.63, 3.8) is 0 Å². The molecule has 0 aliphatic carbocycles. The summed E-state index contributed by atoms with van der Waals surface area (Å²) in [5.74, 6) is -1.73. The van der Waals surface area contributed by atoms with E-state index >= 15 is 0 Å². The van der Waals surface area contributed by atoms with Crippen molar-refractivity contribution in [2.75, 3.05) is 29.1 Å². The Hall–Kier alpha value is -4.73. The van der Waals surface area contributed by atoms with Crippen LogP contribution in [0.4, 0.5) is 17.1 Å². The highest BCUT2D eigenvalue weighted by atomic mass is 16.3. The molecule has 2 aliphatic rings. The molecule has 3 amide bonds. The van der Waals surface area contributed by atoms with Gasteiger partial charge in [-0.15, -0.1) is 6.58 Å². The standard InChI is InChI=1S/C34H36N4O5/c1-3-17-37-30-16-15-27(36-32(41)23-11-13-26(35)14-12-23)19-29(30)34(43,33(37)42)22(2)7-6-10-31(40)38-20-25-9-5-4-8-24(25)18-28(38)21-39/h3-9,11-16,19,22,28,39,43H,1,10,17-18,20-21,35H2,2H3,(H,36,41)/b7-6+/t22-,28-,34+/m0/s1. The zero-order valence-corrected chi connectivity index (χ0v) is 24.1. The Labute approximate surface area is 250 Å². The second kappa shape index (κ2) is 12.2. The molecule has 0 saturated heterocycles. The van der Waals surface area contributed by atoms with Crippen LogP contribution in [0.3, 0.4) is 0 Å². The van der Waals surface area contributed by atoms with Crippen LogP contribution in [0.25, 0.3) is 0 Å². The van der Waals surface area contributed by atoms with Gasteiger partial charge in [0, 0.05) is 47.9 Å². The highest BCUT2D eigenvalue weighted by Gasteiger charge is 2.52. The lowest BCUT2D eigenvalue weighted by Gasteiger charge is -2.36. The lowest BCUT2D eigenvalue weighted by Crippen LogP contribution is -2.46. The maximum Gasteiger partial charge on any atom is 0.264 e. The van der Waals surface area contributed by atoms with Gasteiger partial charge in [-0.2, -0.15) is 0 Å². The lowest BCUT2D eigenvalue weighted by atomic mass is 9.82. The molecule has 0 radical (unpaired) electrons. The smallest absolute Gasteiger partial charge is 0.264 e. The van der Waals surface area contributed by atoms with Gasteiger partial charge in [0.05, 0.1) is 18.3 Å². The number of nitrogen functional groups attached to an aromatic ring is 1. The molecule has 222 valence electrons. The first-order valence-corrected chi connectivity index (χ1v) is 14.3. The molecule has 3 aromatic carbocycles. The van der Waals surface area contributed by atoms with E-state index in [-0.39, 0.29) is 37.4 Å². The number of amides is 3. The molecule has 3 atom stereocenters. The van der Waals surface area contributed by atoms with E-state index in [1.54, 1.807) is 72.5 Å². The van der Waals surface area contributed by atoms with Gasteiger partial charge in [-0.25, -0.2) is 0 Å². The molecule has 5 rings (SSSR count). The number of carbonyl (C=O) groups is 3. The molecule has 2 heterocycles. The SMILES string of the molecule is C=CCN1C(=O)[C@@](O)([C@@H](C)/C=C/CC(=O)N2Cc3ccccc3C[C@H]2CO)c2cc(NC(=O)c3ccc(N)cc3)ccc21. The molecule has 5 N–H and O–H groups in total. The molecular formula is C34H36N4O5. The summed E-state index contributed by atoms with van der Waals surface area (Å²) in [6, 6.07) is 19.1. The van der Waals surface area contributed by atoms with Gasteiger partial charge in [-0.3, -0.25) is 14.4 Å². The first-order valence-electron chi connectivity index (χ1n) is 14.3. The van der Waals surface area contributed by atoms with E-state index in [0.29, 0.717) is 41.2 Å². The second-order valence-electron chi connectivity index (χ2n) is 11.0. The third-order valence-electron chi connectivity index (χ3n) is 8.27. The van der Waals surface area contributed by atoms with E-state index in [2.05, 4.69) is 11.9 Å². The average molecular weight is 581 g/mol. The minimum Gasteiger partial charge on any atom is -0.399 e. The van der Waals surface area contributed by atoms with Crippen LogP contribution in [0.1, 0.15) is 40.4 Å². The maximum atomic E-state index is 13.6. The number of rotatable bonds is 9. The predicted molar refractivity (Wildman–Crippen MR) is 166 cm³/mol. The van der Waals surface area contributed by atoms with Crippen molar-refractivity contribution in [3.8, 4) is 0 Å². The van der Waals surface area contributed by atoms with Crippen LogP contribution in [0.2, 0.25) is 0 Å². The van der Waals surface area contributed by atoms with Gasteiger partial charge in [0.25, 0.3) is 11.8 Å². The fourth-order valence-corrected chi connectivity index (χ4v) is 5.84. The molecule has 43 heavy (non-hydrogen) atoms. The minimum atomic E-state index is -1.93. The number of anilines is 3. The third kappa shape index (κ3) is 5.69. The van der Waals surface area contributed by atoms with E-state index in [9.17, 15) is 24.6 Å². The summed E-state index contributed by atoms with van der Waals surface area (Å²) < 4.78 is 0. The summed E-state index contributed by atoms with van der Waals surface area (Å²) in [6.45, 7) is 5.94. The molecule has 3 aromatic rings. The summed E-state index contributed by atoms with van der Waals surface area (Å²) in [5.41, 5.74) is 8.22. The Balaban J connectivity index is 1.35. The van der Waals surface area contributed by atoms with Gasteiger partial charge in [0.1, 0.15) is 0 Å². The van der Waals surface area contributed by atoms with E-state index < -0.39 is 17.4 Å². The van der Waals surface area contributed by atoms with Crippen molar-refractivity contribution in [3.05, 3.63) is 114 Å². The van der Waals surface area contributed by atoms with Crippen LogP contribution in [0, 0.1) is 5.92 Å². The Kier molecular flexibility index (Phi) is 8.47. The predicted octanol–water partition coefficient (Wildman–Crippen LogP) is 3.77. The van der Waals surface area contributed by atoms with Crippen molar-refractivity contribution in [1.29, 1.82) is 0 Å². The highest BCUT2D eigenvalue weighted by molar-refractivity contribution is 6.09. The van der Waals surface area contributed by atoms with Crippen LogP contribution in [-0.4, -0.2) is 52.0 Å². The molecule has 2 aliphatic heterocycles. The van der Waals surface area contributed by atoms with Crippen LogP contribution in [-0.2, 0) is 28.2 Å². The summed E-state index contributed by atoms with van der Waals surface area (Å²) >= 11 is 0. The van der Waals surface area contributed by atoms with Crippen molar-refractivity contribution in [1.82, 2.24) is 4.90 Å². The van der Waals surface area contributed by atoms with Crippen LogP contribution < -0.4 is 16.0 Å². The third-order valence-corrected chi connectivity index (χ3v) is 8.27. The van der Waals surface area contributed by atoms with Gasteiger partial charge >= 0.3 is 0 Å². The van der Waals surface area contributed by atoms with Gasteiger partial charge in [-0.1, -0.05) is 49.4 Å². The molecule has 9 heteroatoms. The largest absolute Gasteiger partial charge is 0.399 e. The number of aliphatic hydroxyl groups is 2. The lowest BCUT2D eigenvalue weighted by molar-refractivity contribution is -0.139. The molecule has 0 unspecified atom stereocenters. The summed E-state index contributed by atoms with van der Waals surface area (Å²) in [4.78, 5) is 42.8. The molecule has 0 aromatic heterocycles. The van der Waals surface area contributed by atoms with E-state index in [0.717, 1.165) is 11.1 Å². The molecule has 0 spiro atoms. The van der Waals surface area contributed by atoms with Crippen LogP contribution in [0.5, 0.6) is 0 Å². The van der Waals surface area contributed by atoms with Gasteiger partial charge < -0.3 is 31.1 Å². The van der Waals surface area contributed by atoms with Crippen molar-refractivity contribution >= 4 is 34.8 Å². The second-order valence-corrected chi connectivity index (χ2v) is 11.0. The van der Waals surface area contributed by atoms with Gasteiger partial charge in [-0.05, 0) is 60.0 Å². The normalized spacial score (nSPS) is 20.1. The zero-order valence-electron chi connectivity index (χ0n) is 24.1. The molecule has 0 fully saturated rings. The Bertz CT molecular complexity index is 1580. The molecule has 0 saturated carbocycles. The molecule has 0 bridgehead atoms. The first kappa shape index (κ1) is 29.8.